The molecular formula is C26H22ClN3O6. The summed E-state index contributed by atoms with van der Waals surface area (Å²) in [6.45, 7) is 0. The third-order valence-electron chi connectivity index (χ3n) is 5.40. The number of carbonyl (C=O) groups excluding carboxylic acids is 3. The van der Waals surface area contributed by atoms with Crippen LogP contribution in [0.3, 0.4) is 0 Å². The van der Waals surface area contributed by atoms with Gasteiger partial charge in [0, 0.05) is 17.3 Å². The molecule has 1 aliphatic rings. The van der Waals surface area contributed by atoms with Crippen molar-refractivity contribution >= 4 is 46.4 Å². The molecule has 0 bridgehead atoms. The number of anilines is 3. The van der Waals surface area contributed by atoms with Crippen LogP contribution < -0.4 is 29.7 Å². The molecule has 0 saturated heterocycles. The molecule has 0 spiro atoms. The van der Waals surface area contributed by atoms with Gasteiger partial charge in [0.25, 0.3) is 17.7 Å². The van der Waals surface area contributed by atoms with Crippen LogP contribution in [0.4, 0.5) is 17.1 Å². The van der Waals surface area contributed by atoms with E-state index in [1.807, 2.05) is 0 Å². The van der Waals surface area contributed by atoms with Crippen LogP contribution in [-0.4, -0.2) is 39.1 Å². The monoisotopic (exact) mass is 507 g/mol. The minimum absolute atomic E-state index is 0.131. The fraction of sp³-hybridized carbons (Fsp3) is 0.115. The first-order chi connectivity index (χ1) is 17.4. The molecule has 9 nitrogen and oxygen atoms in total. The van der Waals surface area contributed by atoms with Crippen molar-refractivity contribution in [1.29, 1.82) is 0 Å². The molecule has 2 N–H and O–H groups in total. The summed E-state index contributed by atoms with van der Waals surface area (Å²) in [6, 6.07) is 18.2. The Morgan fingerprint density at radius 3 is 2.31 bits per heavy atom. The number of halogens is 1. The fourth-order valence-corrected chi connectivity index (χ4v) is 3.84. The van der Waals surface area contributed by atoms with Gasteiger partial charge < -0.3 is 24.8 Å². The van der Waals surface area contributed by atoms with Gasteiger partial charge in [0.1, 0.15) is 28.0 Å². The first kappa shape index (κ1) is 24.6. The fourth-order valence-electron chi connectivity index (χ4n) is 3.63. The molecule has 0 saturated carbocycles. The topological polar surface area (TPSA) is 106 Å². The van der Waals surface area contributed by atoms with Crippen LogP contribution in [0.5, 0.6) is 17.2 Å². The molecule has 1 heterocycles. The highest BCUT2D eigenvalue weighted by Crippen LogP contribution is 2.38. The molecule has 3 amide bonds. The average Bonchev–Trinajstić information content (AvgIpc) is 3.11. The Labute approximate surface area is 212 Å². The lowest BCUT2D eigenvalue weighted by atomic mass is 10.1. The van der Waals surface area contributed by atoms with Crippen LogP contribution in [0.15, 0.2) is 77.5 Å². The zero-order valence-corrected chi connectivity index (χ0v) is 20.4. The Kier molecular flexibility index (Phi) is 7.12. The summed E-state index contributed by atoms with van der Waals surface area (Å²) in [5.41, 5.74) is 1.26. The molecule has 4 rings (SSSR count). The number of ether oxygens (including phenoxy) is 3. The van der Waals surface area contributed by atoms with E-state index in [1.165, 1.54) is 33.5 Å². The van der Waals surface area contributed by atoms with E-state index in [1.54, 1.807) is 54.6 Å². The van der Waals surface area contributed by atoms with Crippen molar-refractivity contribution in [2.24, 2.45) is 0 Å². The minimum Gasteiger partial charge on any atom is -0.497 e. The number of rotatable bonds is 8. The van der Waals surface area contributed by atoms with Crippen LogP contribution in [-0.2, 0) is 9.59 Å². The van der Waals surface area contributed by atoms with Crippen LogP contribution in [0.2, 0.25) is 0 Å². The van der Waals surface area contributed by atoms with Crippen LogP contribution in [0.25, 0.3) is 0 Å². The number of imide groups is 1. The largest absolute Gasteiger partial charge is 0.497 e. The van der Waals surface area contributed by atoms with E-state index in [0.29, 0.717) is 34.2 Å². The molecule has 0 fully saturated rings. The highest BCUT2D eigenvalue weighted by molar-refractivity contribution is 6.53. The maximum absolute atomic E-state index is 13.2. The van der Waals surface area contributed by atoms with Gasteiger partial charge in [0.2, 0.25) is 0 Å². The zero-order valence-electron chi connectivity index (χ0n) is 19.6. The van der Waals surface area contributed by atoms with Gasteiger partial charge in [-0.1, -0.05) is 29.8 Å². The third kappa shape index (κ3) is 4.69. The van der Waals surface area contributed by atoms with E-state index in [-0.39, 0.29) is 22.3 Å². The number of carbonyl (C=O) groups is 3. The molecule has 36 heavy (non-hydrogen) atoms. The number of nitrogens with one attached hydrogen (secondary N) is 2. The summed E-state index contributed by atoms with van der Waals surface area (Å²) < 4.78 is 15.8. The van der Waals surface area contributed by atoms with Gasteiger partial charge in [-0.15, -0.1) is 0 Å². The van der Waals surface area contributed by atoms with Gasteiger partial charge in [0.15, 0.2) is 0 Å². The molecule has 0 unspecified atom stereocenters. The number of hydrogen-bond donors (Lipinski definition) is 2. The summed E-state index contributed by atoms with van der Waals surface area (Å²) in [5.74, 6) is -0.558. The average molecular weight is 508 g/mol. The lowest BCUT2D eigenvalue weighted by Gasteiger charge is -2.19. The summed E-state index contributed by atoms with van der Waals surface area (Å²) >= 11 is 6.27. The Hall–Kier alpha value is -4.50. The normalized spacial score (nSPS) is 13.1. The van der Waals surface area contributed by atoms with Crippen molar-refractivity contribution in [3.8, 4) is 17.2 Å². The summed E-state index contributed by atoms with van der Waals surface area (Å²) in [7, 11) is 4.40. The maximum Gasteiger partial charge on any atom is 0.283 e. The van der Waals surface area contributed by atoms with Gasteiger partial charge in [0.05, 0.1) is 32.7 Å². The molecule has 0 atom stereocenters. The van der Waals surface area contributed by atoms with Crippen LogP contribution in [0, 0.1) is 0 Å². The molecule has 0 radical (unpaired) electrons. The predicted molar refractivity (Wildman–Crippen MR) is 136 cm³/mol. The summed E-state index contributed by atoms with van der Waals surface area (Å²) in [5, 5.41) is 5.37. The quantitative estimate of drug-likeness (QED) is 0.435. The molecule has 1 aliphatic heterocycles. The Morgan fingerprint density at radius 1 is 0.833 bits per heavy atom. The van der Waals surface area contributed by atoms with Crippen molar-refractivity contribution in [1.82, 2.24) is 0 Å². The third-order valence-corrected chi connectivity index (χ3v) is 5.75. The number of nitrogens with zero attached hydrogens (tertiary/aromatic N) is 1. The van der Waals surface area contributed by atoms with Crippen LogP contribution >= 0.6 is 11.6 Å². The second-order valence-corrected chi connectivity index (χ2v) is 7.91. The van der Waals surface area contributed by atoms with Gasteiger partial charge in [-0.3, -0.25) is 14.4 Å². The molecule has 3 aromatic rings. The number of para-hydroxylation sites is 2. The number of benzene rings is 3. The van der Waals surface area contributed by atoms with Crippen molar-refractivity contribution in [3.63, 3.8) is 0 Å². The van der Waals surface area contributed by atoms with E-state index in [0.717, 1.165) is 4.90 Å². The highest BCUT2D eigenvalue weighted by Gasteiger charge is 2.40. The second kappa shape index (κ2) is 10.4. The predicted octanol–water partition coefficient (Wildman–Crippen LogP) is 4.40. The zero-order chi connectivity index (χ0) is 25.8. The molecular weight excluding hydrogens is 486 g/mol. The van der Waals surface area contributed by atoms with E-state index in [4.69, 9.17) is 25.8 Å². The number of methoxy groups -OCH3 is 3. The minimum atomic E-state index is -0.721. The van der Waals surface area contributed by atoms with Crippen molar-refractivity contribution in [2.45, 2.75) is 0 Å². The van der Waals surface area contributed by atoms with Crippen LogP contribution in [0.1, 0.15) is 10.4 Å². The van der Waals surface area contributed by atoms with Gasteiger partial charge in [-0.2, -0.15) is 0 Å². The summed E-state index contributed by atoms with van der Waals surface area (Å²) in [4.78, 5) is 39.9. The van der Waals surface area contributed by atoms with E-state index < -0.39 is 11.8 Å². The Balaban J connectivity index is 1.58. The Morgan fingerprint density at radius 2 is 1.58 bits per heavy atom. The van der Waals surface area contributed by atoms with E-state index in [9.17, 15) is 14.4 Å². The smallest absolute Gasteiger partial charge is 0.283 e. The SMILES string of the molecule is COc1ccc(OC)c(N2C(=O)C(Cl)=C(Nc3cccc(C(=O)Nc4ccccc4OC)c3)C2=O)c1. The number of amides is 3. The Bertz CT molecular complexity index is 1390. The van der Waals surface area contributed by atoms with Gasteiger partial charge in [-0.25, -0.2) is 4.90 Å². The lowest BCUT2D eigenvalue weighted by molar-refractivity contribution is -0.120. The molecule has 10 heteroatoms. The highest BCUT2D eigenvalue weighted by atomic mass is 35.5. The first-order valence-electron chi connectivity index (χ1n) is 10.7. The van der Waals surface area contributed by atoms with E-state index in [2.05, 4.69) is 10.6 Å². The standard InChI is InChI=1S/C26H22ClN3O6/c1-34-17-11-12-21(36-3)19(14-17)30-25(32)22(27)23(26(30)33)28-16-8-6-7-15(13-16)24(31)29-18-9-4-5-10-20(18)35-2/h4-14,28H,1-3H3,(H,29,31). The number of hydrogen-bond acceptors (Lipinski definition) is 7. The van der Waals surface area contributed by atoms with Gasteiger partial charge >= 0.3 is 0 Å². The maximum atomic E-state index is 13.2. The molecule has 3 aromatic carbocycles. The van der Waals surface area contributed by atoms with E-state index >= 15 is 0 Å². The van der Waals surface area contributed by atoms with Crippen molar-refractivity contribution in [3.05, 3.63) is 83.0 Å². The van der Waals surface area contributed by atoms with Gasteiger partial charge in [-0.05, 0) is 42.5 Å². The van der Waals surface area contributed by atoms with Crippen molar-refractivity contribution in [2.75, 3.05) is 36.9 Å². The first-order valence-corrected chi connectivity index (χ1v) is 11.1. The second-order valence-electron chi connectivity index (χ2n) is 7.53. The molecule has 184 valence electrons. The van der Waals surface area contributed by atoms with Crippen molar-refractivity contribution < 1.29 is 28.6 Å². The molecule has 0 aromatic heterocycles. The summed E-state index contributed by atoms with van der Waals surface area (Å²) in [6.07, 6.45) is 0. The molecule has 0 aliphatic carbocycles. The lowest BCUT2D eigenvalue weighted by Crippen LogP contribution is -2.32.